The zero-order chi connectivity index (χ0) is 18.4. The lowest BCUT2D eigenvalue weighted by Gasteiger charge is -2.25. The molecule has 25 heavy (non-hydrogen) atoms. The van der Waals surface area contributed by atoms with Crippen molar-refractivity contribution in [2.75, 3.05) is 13.1 Å². The van der Waals surface area contributed by atoms with Crippen molar-refractivity contribution in [3.8, 4) is 0 Å². The van der Waals surface area contributed by atoms with Gasteiger partial charge in [-0.15, -0.1) is 0 Å². The van der Waals surface area contributed by atoms with Gasteiger partial charge in [0.15, 0.2) is 0 Å². The van der Waals surface area contributed by atoms with Gasteiger partial charge >= 0.3 is 0 Å². The molecule has 1 N–H and O–H groups in total. The van der Waals surface area contributed by atoms with Crippen molar-refractivity contribution in [2.24, 2.45) is 11.0 Å². The van der Waals surface area contributed by atoms with Crippen LogP contribution >= 0.6 is 0 Å². The second-order valence-corrected chi connectivity index (χ2v) is 8.43. The van der Waals surface area contributed by atoms with Crippen LogP contribution in [0.3, 0.4) is 0 Å². The maximum Gasteiger partial charge on any atom is 0.271 e. The Kier molecular flexibility index (Phi) is 6.72. The van der Waals surface area contributed by atoms with Crippen LogP contribution in [0.1, 0.15) is 56.8 Å². The molecule has 0 bridgehead atoms. The maximum atomic E-state index is 12.7. The number of piperidine rings is 1. The molecule has 1 aromatic rings. The van der Waals surface area contributed by atoms with E-state index < -0.39 is 15.9 Å². The Bertz CT molecular complexity index is 738. The van der Waals surface area contributed by atoms with Crippen LogP contribution in [-0.4, -0.2) is 37.4 Å². The highest BCUT2D eigenvalue weighted by molar-refractivity contribution is 7.89. The second-order valence-electron chi connectivity index (χ2n) is 6.50. The topological polar surface area (TPSA) is 78.8 Å². The first-order valence-corrected chi connectivity index (χ1v) is 10.2. The molecule has 7 heteroatoms. The number of carbonyl (C=O) groups excluding carboxylic acids is 1. The van der Waals surface area contributed by atoms with E-state index in [1.165, 1.54) is 16.4 Å². The van der Waals surface area contributed by atoms with Crippen LogP contribution in [0.25, 0.3) is 0 Å². The van der Waals surface area contributed by atoms with E-state index in [4.69, 9.17) is 0 Å². The minimum atomic E-state index is -3.55. The van der Waals surface area contributed by atoms with Gasteiger partial charge in [-0.3, -0.25) is 4.79 Å². The highest BCUT2D eigenvalue weighted by Crippen LogP contribution is 2.21. The molecular weight excluding hydrogens is 338 g/mol. The van der Waals surface area contributed by atoms with E-state index in [1.54, 1.807) is 12.1 Å². The van der Waals surface area contributed by atoms with E-state index in [0.29, 0.717) is 18.7 Å². The Morgan fingerprint density at radius 1 is 1.28 bits per heavy atom. The Morgan fingerprint density at radius 2 is 1.96 bits per heavy atom. The first kappa shape index (κ1) is 19.6. The lowest BCUT2D eigenvalue weighted by atomic mass is 10.1. The standard InChI is InChI=1S/C18H27N3O3S/c1-4-14(2)15(3)19-20-18(22)16-9-8-10-17(13-16)25(23,24)21-11-6-5-7-12-21/h8-10,13-14H,4-7,11-12H2,1-3H3,(H,20,22)/b19-15-/t14-/m1/s1. The number of hydrogen-bond acceptors (Lipinski definition) is 4. The first-order valence-electron chi connectivity index (χ1n) is 8.81. The number of nitrogens with zero attached hydrogens (tertiary/aromatic N) is 2. The molecule has 1 atom stereocenters. The van der Waals surface area contributed by atoms with Gasteiger partial charge < -0.3 is 0 Å². The maximum absolute atomic E-state index is 12.7. The highest BCUT2D eigenvalue weighted by atomic mass is 32.2. The van der Waals surface area contributed by atoms with Crippen LogP contribution in [0.2, 0.25) is 0 Å². The molecule has 138 valence electrons. The van der Waals surface area contributed by atoms with Crippen molar-refractivity contribution < 1.29 is 13.2 Å². The number of hydrogen-bond donors (Lipinski definition) is 1. The summed E-state index contributed by atoms with van der Waals surface area (Å²) in [4.78, 5) is 12.4. The highest BCUT2D eigenvalue weighted by Gasteiger charge is 2.26. The summed E-state index contributed by atoms with van der Waals surface area (Å²) in [6.45, 7) is 7.04. The molecule has 0 unspecified atom stereocenters. The van der Waals surface area contributed by atoms with Gasteiger partial charge in [-0.1, -0.05) is 26.3 Å². The third kappa shape index (κ3) is 4.89. The molecule has 1 aliphatic heterocycles. The van der Waals surface area contributed by atoms with Crippen molar-refractivity contribution in [1.29, 1.82) is 0 Å². The van der Waals surface area contributed by atoms with E-state index >= 15 is 0 Å². The van der Waals surface area contributed by atoms with Gasteiger partial charge in [0.05, 0.1) is 4.90 Å². The summed E-state index contributed by atoms with van der Waals surface area (Å²) in [5, 5.41) is 4.11. The summed E-state index contributed by atoms with van der Waals surface area (Å²) in [5.41, 5.74) is 3.64. The Morgan fingerprint density at radius 3 is 2.60 bits per heavy atom. The average Bonchev–Trinajstić information content (AvgIpc) is 2.65. The number of carbonyl (C=O) groups is 1. The second kappa shape index (κ2) is 8.58. The van der Waals surface area contributed by atoms with Crippen LogP contribution in [0.5, 0.6) is 0 Å². The fourth-order valence-corrected chi connectivity index (χ4v) is 4.22. The molecule has 0 aliphatic carbocycles. The van der Waals surface area contributed by atoms with Crippen LogP contribution in [0.4, 0.5) is 0 Å². The van der Waals surface area contributed by atoms with Gasteiger partial charge in [0.2, 0.25) is 10.0 Å². The minimum absolute atomic E-state index is 0.157. The monoisotopic (exact) mass is 365 g/mol. The Labute approximate surface area is 150 Å². The van der Waals surface area contributed by atoms with Crippen LogP contribution < -0.4 is 5.43 Å². The van der Waals surface area contributed by atoms with E-state index in [9.17, 15) is 13.2 Å². The molecule has 1 saturated heterocycles. The van der Waals surface area contributed by atoms with E-state index in [0.717, 1.165) is 31.4 Å². The third-order valence-electron chi connectivity index (χ3n) is 4.71. The number of benzene rings is 1. The lowest BCUT2D eigenvalue weighted by molar-refractivity contribution is 0.0954. The largest absolute Gasteiger partial charge is 0.271 e. The van der Waals surface area contributed by atoms with E-state index in [2.05, 4.69) is 17.5 Å². The summed E-state index contributed by atoms with van der Waals surface area (Å²) in [6, 6.07) is 6.15. The SMILES string of the molecule is CC[C@@H](C)/C(C)=N\NC(=O)c1cccc(S(=O)(=O)N2CCCCC2)c1. The molecule has 1 amide bonds. The fraction of sp³-hybridized carbons (Fsp3) is 0.556. The molecule has 0 saturated carbocycles. The Balaban J connectivity index is 2.16. The normalized spacial score (nSPS) is 18.0. The molecule has 0 spiro atoms. The molecule has 6 nitrogen and oxygen atoms in total. The molecule has 2 rings (SSSR count). The number of amides is 1. The Hall–Kier alpha value is -1.73. The molecule has 1 aliphatic rings. The minimum Gasteiger partial charge on any atom is -0.267 e. The number of sulfonamides is 1. The summed E-state index contributed by atoms with van der Waals surface area (Å²) < 4.78 is 26.9. The number of hydrazone groups is 1. The zero-order valence-electron chi connectivity index (χ0n) is 15.2. The van der Waals surface area contributed by atoms with Crippen molar-refractivity contribution in [2.45, 2.75) is 51.3 Å². The predicted molar refractivity (Wildman–Crippen MR) is 99.1 cm³/mol. The average molecular weight is 365 g/mol. The van der Waals surface area contributed by atoms with Crippen molar-refractivity contribution in [1.82, 2.24) is 9.73 Å². The van der Waals surface area contributed by atoms with Crippen LogP contribution in [0.15, 0.2) is 34.3 Å². The molecule has 0 aromatic heterocycles. The molecule has 1 aromatic carbocycles. The van der Waals surface area contributed by atoms with Gasteiger partial charge in [-0.2, -0.15) is 9.41 Å². The lowest BCUT2D eigenvalue weighted by Crippen LogP contribution is -2.35. The first-order chi connectivity index (χ1) is 11.9. The van der Waals surface area contributed by atoms with Gasteiger partial charge in [0.25, 0.3) is 5.91 Å². The van der Waals surface area contributed by atoms with Crippen molar-refractivity contribution in [3.63, 3.8) is 0 Å². The van der Waals surface area contributed by atoms with Crippen molar-refractivity contribution in [3.05, 3.63) is 29.8 Å². The van der Waals surface area contributed by atoms with E-state index in [1.807, 2.05) is 13.8 Å². The van der Waals surface area contributed by atoms with Gasteiger partial charge in [0, 0.05) is 24.4 Å². The molecule has 0 radical (unpaired) electrons. The van der Waals surface area contributed by atoms with Gasteiger partial charge in [-0.05, 0) is 50.3 Å². The van der Waals surface area contributed by atoms with E-state index in [-0.39, 0.29) is 10.8 Å². The predicted octanol–water partition coefficient (Wildman–Crippen LogP) is 3.01. The summed E-state index contributed by atoms with van der Waals surface area (Å²) in [7, 11) is -3.55. The number of nitrogens with one attached hydrogen (secondary N) is 1. The summed E-state index contributed by atoms with van der Waals surface area (Å²) in [6.07, 6.45) is 3.75. The van der Waals surface area contributed by atoms with Crippen molar-refractivity contribution >= 4 is 21.6 Å². The zero-order valence-corrected chi connectivity index (χ0v) is 16.0. The molecule has 1 heterocycles. The van der Waals surface area contributed by atoms with Gasteiger partial charge in [0.1, 0.15) is 0 Å². The molecule has 1 fully saturated rings. The fourth-order valence-electron chi connectivity index (χ4n) is 2.66. The third-order valence-corrected chi connectivity index (χ3v) is 6.60. The van der Waals surface area contributed by atoms with Gasteiger partial charge in [-0.25, -0.2) is 13.8 Å². The quantitative estimate of drug-likeness (QED) is 0.622. The van der Waals surface area contributed by atoms with Crippen LogP contribution in [-0.2, 0) is 10.0 Å². The van der Waals surface area contributed by atoms with Crippen LogP contribution in [0, 0.1) is 5.92 Å². The summed E-state index contributed by atoms with van der Waals surface area (Å²) in [5.74, 6) is -0.121. The summed E-state index contributed by atoms with van der Waals surface area (Å²) >= 11 is 0. The smallest absolute Gasteiger partial charge is 0.267 e. The molecular formula is C18H27N3O3S. The number of rotatable bonds is 6.